The molecular weight excluding hydrogens is 333 g/mol. The first-order valence-electron chi connectivity index (χ1n) is 7.37. The Balaban J connectivity index is 2.42. The molecule has 0 spiro atoms. The summed E-state index contributed by atoms with van der Waals surface area (Å²) >= 11 is 3.58. The maximum Gasteiger partial charge on any atom is 0.123 e. The van der Waals surface area contributed by atoms with E-state index in [4.69, 9.17) is 0 Å². The van der Waals surface area contributed by atoms with Crippen molar-refractivity contribution in [1.82, 2.24) is 15.1 Å². The Morgan fingerprint density at radius 3 is 2.81 bits per heavy atom. The van der Waals surface area contributed by atoms with Gasteiger partial charge in [-0.3, -0.25) is 4.68 Å². The highest BCUT2D eigenvalue weighted by atomic mass is 79.9. The van der Waals surface area contributed by atoms with E-state index in [2.05, 4.69) is 40.2 Å². The monoisotopic (exact) mass is 353 g/mol. The zero-order valence-corrected chi connectivity index (χ0v) is 14.0. The third kappa shape index (κ3) is 3.92. The summed E-state index contributed by atoms with van der Waals surface area (Å²) in [7, 11) is 0. The van der Waals surface area contributed by atoms with Crippen LogP contribution in [-0.2, 0) is 6.54 Å². The predicted octanol–water partition coefficient (Wildman–Crippen LogP) is 4.28. The van der Waals surface area contributed by atoms with E-state index in [9.17, 15) is 4.39 Å². The van der Waals surface area contributed by atoms with Crippen molar-refractivity contribution in [1.29, 1.82) is 0 Å². The number of benzene rings is 1. The average molecular weight is 354 g/mol. The average Bonchev–Trinajstić information content (AvgIpc) is 2.82. The van der Waals surface area contributed by atoms with Gasteiger partial charge in [0.05, 0.1) is 22.4 Å². The van der Waals surface area contributed by atoms with Crippen molar-refractivity contribution in [2.24, 2.45) is 0 Å². The zero-order chi connectivity index (χ0) is 15.2. The van der Waals surface area contributed by atoms with Gasteiger partial charge >= 0.3 is 0 Å². The molecule has 21 heavy (non-hydrogen) atoms. The Bertz CT molecular complexity index is 583. The fourth-order valence-electron chi connectivity index (χ4n) is 2.40. The highest BCUT2D eigenvalue weighted by molar-refractivity contribution is 9.10. The van der Waals surface area contributed by atoms with Crippen LogP contribution in [-0.4, -0.2) is 16.3 Å². The molecule has 1 heterocycles. The number of halogens is 2. The van der Waals surface area contributed by atoms with E-state index in [1.165, 1.54) is 6.07 Å². The Hall–Kier alpha value is -1.20. The summed E-state index contributed by atoms with van der Waals surface area (Å²) in [6, 6.07) is 6.69. The molecule has 0 saturated carbocycles. The topological polar surface area (TPSA) is 29.9 Å². The van der Waals surface area contributed by atoms with Crippen LogP contribution in [0.25, 0.3) is 0 Å². The maximum atomic E-state index is 13.6. The summed E-state index contributed by atoms with van der Waals surface area (Å²) < 4.78 is 16.5. The van der Waals surface area contributed by atoms with Crippen LogP contribution in [0.5, 0.6) is 0 Å². The molecule has 0 radical (unpaired) electrons. The van der Waals surface area contributed by atoms with Gasteiger partial charge in [0.2, 0.25) is 0 Å². The van der Waals surface area contributed by atoms with Gasteiger partial charge in [-0.25, -0.2) is 4.39 Å². The fourth-order valence-corrected chi connectivity index (χ4v) is 2.92. The number of aromatic nitrogens is 2. The molecule has 0 aliphatic heterocycles. The van der Waals surface area contributed by atoms with Crippen molar-refractivity contribution in [2.75, 3.05) is 6.54 Å². The molecule has 0 saturated heterocycles. The van der Waals surface area contributed by atoms with Crippen molar-refractivity contribution >= 4 is 15.9 Å². The molecule has 1 unspecified atom stereocenters. The van der Waals surface area contributed by atoms with Gasteiger partial charge in [-0.2, -0.15) is 5.10 Å². The van der Waals surface area contributed by atoms with Gasteiger partial charge in [-0.05, 0) is 53.0 Å². The summed E-state index contributed by atoms with van der Waals surface area (Å²) in [6.07, 6.45) is 3.83. The smallest absolute Gasteiger partial charge is 0.123 e. The molecule has 114 valence electrons. The Kier molecular flexibility index (Phi) is 5.94. The SMILES string of the molecule is CCCNC(c1cccc(F)c1)c1c(Br)cnn1CCC. The number of nitrogens with one attached hydrogen (secondary N) is 1. The molecule has 3 nitrogen and oxygen atoms in total. The molecular formula is C16H21BrFN3. The second kappa shape index (κ2) is 7.71. The van der Waals surface area contributed by atoms with Crippen molar-refractivity contribution in [2.45, 2.75) is 39.3 Å². The van der Waals surface area contributed by atoms with Crippen LogP contribution >= 0.6 is 15.9 Å². The molecule has 5 heteroatoms. The van der Waals surface area contributed by atoms with Gasteiger partial charge < -0.3 is 5.32 Å². The highest BCUT2D eigenvalue weighted by Gasteiger charge is 2.21. The van der Waals surface area contributed by atoms with E-state index in [1.54, 1.807) is 12.1 Å². The Morgan fingerprint density at radius 2 is 2.14 bits per heavy atom. The van der Waals surface area contributed by atoms with Gasteiger partial charge in [0.15, 0.2) is 0 Å². The van der Waals surface area contributed by atoms with Crippen LogP contribution in [0.4, 0.5) is 4.39 Å². The van der Waals surface area contributed by atoms with Crippen LogP contribution in [0, 0.1) is 5.82 Å². The minimum atomic E-state index is -0.214. The van der Waals surface area contributed by atoms with Gasteiger partial charge in [0, 0.05) is 6.54 Å². The molecule has 0 aliphatic rings. The van der Waals surface area contributed by atoms with Crippen molar-refractivity contribution < 1.29 is 4.39 Å². The second-order valence-electron chi connectivity index (χ2n) is 5.04. The van der Waals surface area contributed by atoms with Crippen LogP contribution in [0.15, 0.2) is 34.9 Å². The molecule has 1 atom stereocenters. The molecule has 1 N–H and O–H groups in total. The summed E-state index contributed by atoms with van der Waals surface area (Å²) in [6.45, 7) is 5.95. The summed E-state index contributed by atoms with van der Waals surface area (Å²) in [5.74, 6) is -0.214. The number of aryl methyl sites for hydroxylation is 1. The normalized spacial score (nSPS) is 12.6. The zero-order valence-electron chi connectivity index (χ0n) is 12.4. The van der Waals surface area contributed by atoms with Crippen molar-refractivity contribution in [3.63, 3.8) is 0 Å². The lowest BCUT2D eigenvalue weighted by molar-refractivity contribution is 0.508. The number of hydrogen-bond acceptors (Lipinski definition) is 2. The van der Waals surface area contributed by atoms with Gasteiger partial charge in [-0.15, -0.1) is 0 Å². The Labute approximate surface area is 133 Å². The first kappa shape index (κ1) is 16.2. The first-order valence-corrected chi connectivity index (χ1v) is 8.16. The molecule has 0 bridgehead atoms. The van der Waals surface area contributed by atoms with E-state index in [0.717, 1.165) is 41.7 Å². The van der Waals surface area contributed by atoms with E-state index < -0.39 is 0 Å². The van der Waals surface area contributed by atoms with E-state index in [-0.39, 0.29) is 11.9 Å². The van der Waals surface area contributed by atoms with E-state index in [0.29, 0.717) is 0 Å². The molecule has 1 aromatic heterocycles. The molecule has 0 amide bonds. The standard InChI is InChI=1S/C16H21BrFN3/c1-3-8-19-15(12-6-5-7-13(18)10-12)16-14(17)11-20-21(16)9-4-2/h5-7,10-11,15,19H,3-4,8-9H2,1-2H3. The first-order chi connectivity index (χ1) is 10.2. The fraction of sp³-hybridized carbons (Fsp3) is 0.438. The van der Waals surface area contributed by atoms with Crippen LogP contribution in [0.2, 0.25) is 0 Å². The summed E-state index contributed by atoms with van der Waals surface area (Å²) in [4.78, 5) is 0. The molecule has 2 rings (SSSR count). The van der Waals surface area contributed by atoms with Gasteiger partial charge in [0.1, 0.15) is 5.82 Å². The second-order valence-corrected chi connectivity index (χ2v) is 5.90. The maximum absolute atomic E-state index is 13.6. The van der Waals surface area contributed by atoms with E-state index >= 15 is 0 Å². The van der Waals surface area contributed by atoms with Gasteiger partial charge in [-0.1, -0.05) is 26.0 Å². The largest absolute Gasteiger partial charge is 0.305 e. The van der Waals surface area contributed by atoms with Crippen molar-refractivity contribution in [3.8, 4) is 0 Å². The number of hydrogen-bond donors (Lipinski definition) is 1. The Morgan fingerprint density at radius 1 is 1.33 bits per heavy atom. The summed E-state index contributed by atoms with van der Waals surface area (Å²) in [5.41, 5.74) is 1.97. The number of rotatable bonds is 7. The van der Waals surface area contributed by atoms with Crippen LogP contribution < -0.4 is 5.32 Å². The highest BCUT2D eigenvalue weighted by Crippen LogP contribution is 2.29. The quantitative estimate of drug-likeness (QED) is 0.804. The third-order valence-corrected chi connectivity index (χ3v) is 3.93. The minimum absolute atomic E-state index is 0.0657. The van der Waals surface area contributed by atoms with Crippen LogP contribution in [0.1, 0.15) is 44.0 Å². The van der Waals surface area contributed by atoms with Crippen molar-refractivity contribution in [3.05, 3.63) is 52.0 Å². The molecule has 0 fully saturated rings. The molecule has 0 aliphatic carbocycles. The molecule has 2 aromatic rings. The third-order valence-electron chi connectivity index (χ3n) is 3.32. The molecule has 1 aromatic carbocycles. The lowest BCUT2D eigenvalue weighted by atomic mass is 10.0. The van der Waals surface area contributed by atoms with Crippen LogP contribution in [0.3, 0.4) is 0 Å². The predicted molar refractivity (Wildman–Crippen MR) is 86.8 cm³/mol. The van der Waals surface area contributed by atoms with Gasteiger partial charge in [0.25, 0.3) is 0 Å². The lowest BCUT2D eigenvalue weighted by Gasteiger charge is -2.21. The number of nitrogens with zero attached hydrogens (tertiary/aromatic N) is 2. The van der Waals surface area contributed by atoms with E-state index in [1.807, 2.05) is 16.9 Å². The lowest BCUT2D eigenvalue weighted by Crippen LogP contribution is -2.26. The summed E-state index contributed by atoms with van der Waals surface area (Å²) in [5, 5.41) is 7.92. The minimum Gasteiger partial charge on any atom is -0.305 e.